The summed E-state index contributed by atoms with van der Waals surface area (Å²) in [7, 11) is 0. The van der Waals surface area contributed by atoms with Crippen LogP contribution in [0.5, 0.6) is 5.75 Å². The second kappa shape index (κ2) is 8.48. The predicted octanol–water partition coefficient (Wildman–Crippen LogP) is 4.00. The zero-order valence-electron chi connectivity index (χ0n) is 14.4. The van der Waals surface area contributed by atoms with Crippen LogP contribution in [0.4, 0.5) is 4.39 Å². The molecule has 0 heterocycles. The maximum Gasteiger partial charge on any atom is 0.257 e. The van der Waals surface area contributed by atoms with Gasteiger partial charge in [0.15, 0.2) is 6.61 Å². The van der Waals surface area contributed by atoms with E-state index in [4.69, 9.17) is 4.74 Å². The Morgan fingerprint density at radius 2 is 1.96 bits per heavy atom. The second-order valence-corrected chi connectivity index (χ2v) is 6.18. The first kappa shape index (κ1) is 18.0. The Morgan fingerprint density at radius 1 is 1.21 bits per heavy atom. The SMILES string of the molecule is Cc1ccc(C(C)C)c(OCC(=O)NCCc2ccccc2F)c1. The van der Waals surface area contributed by atoms with Gasteiger partial charge < -0.3 is 10.1 Å². The standard InChI is InChI=1S/C20H24FNO2/c1-14(2)17-9-8-15(3)12-19(17)24-13-20(23)22-11-10-16-6-4-5-7-18(16)21/h4-9,12,14H,10-11,13H2,1-3H3,(H,22,23). The van der Waals surface area contributed by atoms with E-state index in [0.29, 0.717) is 24.4 Å². The summed E-state index contributed by atoms with van der Waals surface area (Å²) in [6, 6.07) is 12.6. The smallest absolute Gasteiger partial charge is 0.257 e. The van der Waals surface area contributed by atoms with Crippen LogP contribution in [0.1, 0.15) is 36.5 Å². The van der Waals surface area contributed by atoms with Crippen molar-refractivity contribution in [2.24, 2.45) is 0 Å². The minimum atomic E-state index is -0.246. The quantitative estimate of drug-likeness (QED) is 0.834. The van der Waals surface area contributed by atoms with Gasteiger partial charge in [-0.2, -0.15) is 0 Å². The van der Waals surface area contributed by atoms with Crippen molar-refractivity contribution in [2.75, 3.05) is 13.2 Å². The summed E-state index contributed by atoms with van der Waals surface area (Å²) in [5, 5.41) is 2.76. The van der Waals surface area contributed by atoms with Crippen LogP contribution in [0.2, 0.25) is 0 Å². The number of benzene rings is 2. The molecule has 0 bridgehead atoms. The van der Waals surface area contributed by atoms with Gasteiger partial charge in [0, 0.05) is 6.54 Å². The molecule has 0 radical (unpaired) electrons. The van der Waals surface area contributed by atoms with Crippen LogP contribution in [0.3, 0.4) is 0 Å². The van der Waals surface area contributed by atoms with Gasteiger partial charge in [0.25, 0.3) is 5.91 Å². The van der Waals surface area contributed by atoms with Crippen molar-refractivity contribution in [1.82, 2.24) is 5.32 Å². The molecule has 0 aromatic heterocycles. The third kappa shape index (κ3) is 5.08. The number of rotatable bonds is 7. The summed E-state index contributed by atoms with van der Waals surface area (Å²) < 4.78 is 19.2. The van der Waals surface area contributed by atoms with Crippen LogP contribution in [0, 0.1) is 12.7 Å². The molecular weight excluding hydrogens is 305 g/mol. The number of carbonyl (C=O) groups excluding carboxylic acids is 1. The normalized spacial score (nSPS) is 10.7. The molecule has 128 valence electrons. The maximum atomic E-state index is 13.5. The molecule has 0 saturated carbocycles. The van der Waals surface area contributed by atoms with E-state index in [1.165, 1.54) is 6.07 Å². The second-order valence-electron chi connectivity index (χ2n) is 6.18. The molecule has 1 amide bonds. The Bertz CT molecular complexity index is 698. The number of aryl methyl sites for hydroxylation is 1. The average Bonchev–Trinajstić information content (AvgIpc) is 2.54. The summed E-state index contributed by atoms with van der Waals surface area (Å²) in [4.78, 5) is 11.9. The Balaban J connectivity index is 1.83. The highest BCUT2D eigenvalue weighted by Gasteiger charge is 2.10. The number of halogens is 1. The minimum Gasteiger partial charge on any atom is -0.483 e. The molecule has 0 aliphatic heterocycles. The van der Waals surface area contributed by atoms with Crippen LogP contribution in [0.25, 0.3) is 0 Å². The highest BCUT2D eigenvalue weighted by Crippen LogP contribution is 2.27. The van der Waals surface area contributed by atoms with Crippen LogP contribution in [-0.2, 0) is 11.2 Å². The van der Waals surface area contributed by atoms with E-state index < -0.39 is 0 Å². The van der Waals surface area contributed by atoms with Crippen molar-refractivity contribution in [2.45, 2.75) is 33.1 Å². The Morgan fingerprint density at radius 3 is 2.67 bits per heavy atom. The van der Waals surface area contributed by atoms with Gasteiger partial charge >= 0.3 is 0 Å². The zero-order valence-corrected chi connectivity index (χ0v) is 14.4. The Kier molecular flexibility index (Phi) is 6.36. The van der Waals surface area contributed by atoms with E-state index in [1.54, 1.807) is 18.2 Å². The average molecular weight is 329 g/mol. The highest BCUT2D eigenvalue weighted by atomic mass is 19.1. The number of hydrogen-bond donors (Lipinski definition) is 1. The summed E-state index contributed by atoms with van der Waals surface area (Å²) in [5.74, 6) is 0.617. The van der Waals surface area contributed by atoms with Gasteiger partial charge in [0.2, 0.25) is 0 Å². The molecule has 0 fully saturated rings. The minimum absolute atomic E-state index is 0.0412. The molecule has 2 rings (SSSR count). The number of amides is 1. The lowest BCUT2D eigenvalue weighted by Crippen LogP contribution is -2.30. The van der Waals surface area contributed by atoms with Crippen molar-refractivity contribution in [3.8, 4) is 5.75 Å². The summed E-state index contributed by atoms with van der Waals surface area (Å²) >= 11 is 0. The van der Waals surface area contributed by atoms with Gasteiger partial charge in [0.05, 0.1) is 0 Å². The lowest BCUT2D eigenvalue weighted by atomic mass is 10.0. The van der Waals surface area contributed by atoms with Crippen LogP contribution < -0.4 is 10.1 Å². The van der Waals surface area contributed by atoms with Gasteiger partial charge in [-0.05, 0) is 48.1 Å². The third-order valence-electron chi connectivity index (χ3n) is 3.82. The third-order valence-corrected chi connectivity index (χ3v) is 3.82. The number of ether oxygens (including phenoxy) is 1. The van der Waals surface area contributed by atoms with Gasteiger partial charge in [0.1, 0.15) is 11.6 Å². The summed E-state index contributed by atoms with van der Waals surface area (Å²) in [6.45, 7) is 6.51. The van der Waals surface area contributed by atoms with Gasteiger partial charge in [-0.3, -0.25) is 4.79 Å². The van der Waals surface area contributed by atoms with E-state index in [0.717, 1.165) is 16.9 Å². The van der Waals surface area contributed by atoms with Crippen molar-refractivity contribution < 1.29 is 13.9 Å². The largest absolute Gasteiger partial charge is 0.483 e. The van der Waals surface area contributed by atoms with Crippen LogP contribution >= 0.6 is 0 Å². The molecule has 2 aromatic rings. The van der Waals surface area contributed by atoms with Gasteiger partial charge in [-0.1, -0.05) is 44.2 Å². The first-order chi connectivity index (χ1) is 11.5. The number of carbonyl (C=O) groups is 1. The van der Waals surface area contributed by atoms with Crippen molar-refractivity contribution >= 4 is 5.91 Å². The van der Waals surface area contributed by atoms with Crippen LogP contribution in [0.15, 0.2) is 42.5 Å². The van der Waals surface area contributed by atoms with Gasteiger partial charge in [-0.25, -0.2) is 4.39 Å². The van der Waals surface area contributed by atoms with Crippen molar-refractivity contribution in [1.29, 1.82) is 0 Å². The molecule has 4 heteroatoms. The molecule has 0 unspecified atom stereocenters. The van der Waals surface area contributed by atoms with Crippen LogP contribution in [-0.4, -0.2) is 19.1 Å². The molecule has 0 saturated heterocycles. The molecule has 24 heavy (non-hydrogen) atoms. The molecule has 3 nitrogen and oxygen atoms in total. The number of nitrogens with one attached hydrogen (secondary N) is 1. The molecule has 1 N–H and O–H groups in total. The van der Waals surface area contributed by atoms with Gasteiger partial charge in [-0.15, -0.1) is 0 Å². The van der Waals surface area contributed by atoms with E-state index in [2.05, 4.69) is 19.2 Å². The highest BCUT2D eigenvalue weighted by molar-refractivity contribution is 5.77. The fraction of sp³-hybridized carbons (Fsp3) is 0.350. The maximum absolute atomic E-state index is 13.5. The fourth-order valence-corrected chi connectivity index (χ4v) is 2.48. The fourth-order valence-electron chi connectivity index (χ4n) is 2.48. The van der Waals surface area contributed by atoms with Crippen molar-refractivity contribution in [3.05, 3.63) is 65.0 Å². The first-order valence-electron chi connectivity index (χ1n) is 8.21. The molecule has 0 aliphatic carbocycles. The van der Waals surface area contributed by atoms with E-state index in [-0.39, 0.29) is 18.3 Å². The van der Waals surface area contributed by atoms with E-state index >= 15 is 0 Å². The number of hydrogen-bond acceptors (Lipinski definition) is 2. The summed E-state index contributed by atoms with van der Waals surface area (Å²) in [6.07, 6.45) is 0.458. The lowest BCUT2D eigenvalue weighted by molar-refractivity contribution is -0.123. The summed E-state index contributed by atoms with van der Waals surface area (Å²) in [5.41, 5.74) is 2.77. The lowest BCUT2D eigenvalue weighted by Gasteiger charge is -2.15. The van der Waals surface area contributed by atoms with E-state index in [9.17, 15) is 9.18 Å². The van der Waals surface area contributed by atoms with E-state index in [1.807, 2.05) is 25.1 Å². The molecule has 0 atom stereocenters. The molecule has 2 aromatic carbocycles. The molecule has 0 aliphatic rings. The molecule has 0 spiro atoms. The molecular formula is C20H24FNO2. The Labute approximate surface area is 142 Å². The monoisotopic (exact) mass is 329 g/mol. The predicted molar refractivity (Wildman–Crippen MR) is 93.9 cm³/mol. The first-order valence-corrected chi connectivity index (χ1v) is 8.21. The zero-order chi connectivity index (χ0) is 17.5. The topological polar surface area (TPSA) is 38.3 Å². The Hall–Kier alpha value is -2.36. The van der Waals surface area contributed by atoms with Crippen molar-refractivity contribution in [3.63, 3.8) is 0 Å².